The highest BCUT2D eigenvalue weighted by atomic mass is 16.2. The van der Waals surface area contributed by atoms with Gasteiger partial charge in [0.2, 0.25) is 0 Å². The van der Waals surface area contributed by atoms with Crippen LogP contribution in [-0.2, 0) is 6.42 Å². The maximum absolute atomic E-state index is 12.6. The fourth-order valence-electron chi connectivity index (χ4n) is 2.08. The zero-order valence-electron chi connectivity index (χ0n) is 12.0. The third kappa shape index (κ3) is 3.00. The van der Waals surface area contributed by atoms with Crippen molar-refractivity contribution in [3.8, 4) is 6.07 Å². The summed E-state index contributed by atoms with van der Waals surface area (Å²) in [6, 6.07) is 12.3. The molecule has 5 nitrogen and oxygen atoms in total. The molecule has 0 saturated heterocycles. The lowest BCUT2D eigenvalue weighted by Crippen LogP contribution is -2.27. The van der Waals surface area contributed by atoms with Gasteiger partial charge in [-0.3, -0.25) is 4.79 Å². The molecule has 2 rings (SSSR count). The van der Waals surface area contributed by atoms with E-state index in [0.717, 1.165) is 5.69 Å². The van der Waals surface area contributed by atoms with Crippen LogP contribution in [0.2, 0.25) is 0 Å². The van der Waals surface area contributed by atoms with Crippen molar-refractivity contribution in [2.45, 2.75) is 13.3 Å². The second-order valence-electron chi connectivity index (χ2n) is 4.62. The Balaban J connectivity index is 2.40. The summed E-state index contributed by atoms with van der Waals surface area (Å²) < 4.78 is 0. The number of aromatic nitrogens is 1. The van der Waals surface area contributed by atoms with Gasteiger partial charge in [0, 0.05) is 18.3 Å². The van der Waals surface area contributed by atoms with Gasteiger partial charge in [-0.25, -0.2) is 4.98 Å². The topological polar surface area (TPSA) is 83.0 Å². The Morgan fingerprint density at radius 3 is 2.76 bits per heavy atom. The number of nitrogens with zero attached hydrogens (tertiary/aromatic N) is 3. The molecule has 106 valence electrons. The summed E-state index contributed by atoms with van der Waals surface area (Å²) in [6.07, 6.45) is 0.698. The number of anilines is 2. The van der Waals surface area contributed by atoms with Crippen LogP contribution in [0.5, 0.6) is 0 Å². The number of hydrogen-bond acceptors (Lipinski definition) is 4. The van der Waals surface area contributed by atoms with E-state index in [1.807, 2.05) is 6.92 Å². The Hall–Kier alpha value is -2.87. The number of rotatable bonds is 3. The molecule has 1 aromatic heterocycles. The van der Waals surface area contributed by atoms with Crippen LogP contribution in [0.4, 0.5) is 11.5 Å². The second kappa shape index (κ2) is 6.06. The zero-order chi connectivity index (χ0) is 15.4. The van der Waals surface area contributed by atoms with E-state index in [2.05, 4.69) is 11.1 Å². The predicted molar refractivity (Wildman–Crippen MR) is 81.9 cm³/mol. The van der Waals surface area contributed by atoms with E-state index in [9.17, 15) is 4.79 Å². The lowest BCUT2D eigenvalue weighted by Gasteiger charge is -2.19. The third-order valence-electron chi connectivity index (χ3n) is 3.20. The number of benzene rings is 1. The third-order valence-corrected chi connectivity index (χ3v) is 3.20. The van der Waals surface area contributed by atoms with Crippen LogP contribution >= 0.6 is 0 Å². The first-order valence-corrected chi connectivity index (χ1v) is 6.60. The molecule has 2 N–H and O–H groups in total. The van der Waals surface area contributed by atoms with Gasteiger partial charge in [-0.15, -0.1) is 0 Å². The van der Waals surface area contributed by atoms with E-state index in [0.29, 0.717) is 29.1 Å². The van der Waals surface area contributed by atoms with Gasteiger partial charge in [0.1, 0.15) is 11.9 Å². The number of nitriles is 1. The van der Waals surface area contributed by atoms with E-state index >= 15 is 0 Å². The van der Waals surface area contributed by atoms with Gasteiger partial charge >= 0.3 is 0 Å². The van der Waals surface area contributed by atoms with Crippen molar-refractivity contribution in [3.63, 3.8) is 0 Å². The summed E-state index contributed by atoms with van der Waals surface area (Å²) in [5, 5.41) is 9.13. The predicted octanol–water partition coefficient (Wildman–Crippen LogP) is 2.37. The Labute approximate surface area is 123 Å². The monoisotopic (exact) mass is 280 g/mol. The lowest BCUT2D eigenvalue weighted by atomic mass is 10.1. The first-order chi connectivity index (χ1) is 10.1. The summed E-state index contributed by atoms with van der Waals surface area (Å²) in [4.78, 5) is 18.2. The quantitative estimate of drug-likeness (QED) is 0.935. The molecule has 0 aliphatic rings. The number of pyridine rings is 1. The molecule has 5 heteroatoms. The van der Waals surface area contributed by atoms with Crippen molar-refractivity contribution in [3.05, 3.63) is 53.2 Å². The molecule has 0 unspecified atom stereocenters. The molecule has 0 bridgehead atoms. The average Bonchev–Trinajstić information content (AvgIpc) is 2.52. The number of para-hydroxylation sites is 1. The zero-order valence-corrected chi connectivity index (χ0v) is 12.0. The molecule has 0 radical (unpaired) electrons. The number of nitrogen functional groups attached to an aromatic ring is 1. The molecule has 21 heavy (non-hydrogen) atoms. The van der Waals surface area contributed by atoms with Crippen LogP contribution in [0.25, 0.3) is 0 Å². The first kappa shape index (κ1) is 14.5. The SMILES string of the molecule is CCc1cc(C(=O)N(C)c2ccccc2C#N)cc(N)n1. The van der Waals surface area contributed by atoms with Gasteiger partial charge in [-0.05, 0) is 30.7 Å². The maximum atomic E-state index is 12.6. The smallest absolute Gasteiger partial charge is 0.258 e. The highest BCUT2D eigenvalue weighted by molar-refractivity contribution is 6.06. The maximum Gasteiger partial charge on any atom is 0.258 e. The number of carbonyl (C=O) groups is 1. The standard InChI is InChI=1S/C16H16N4O/c1-3-13-8-12(9-15(18)19-13)16(21)20(2)14-7-5-4-6-11(14)10-17/h4-9H,3H2,1-2H3,(H2,18,19). The highest BCUT2D eigenvalue weighted by Gasteiger charge is 2.17. The van der Waals surface area contributed by atoms with E-state index in [1.165, 1.54) is 4.90 Å². The first-order valence-electron chi connectivity index (χ1n) is 6.60. The Morgan fingerprint density at radius 2 is 2.10 bits per heavy atom. The molecule has 0 atom stereocenters. The number of amides is 1. The molecule has 0 aliphatic heterocycles. The minimum Gasteiger partial charge on any atom is -0.384 e. The number of carbonyl (C=O) groups excluding carboxylic acids is 1. The minimum absolute atomic E-state index is 0.221. The largest absolute Gasteiger partial charge is 0.384 e. The van der Waals surface area contributed by atoms with Crippen molar-refractivity contribution in [1.29, 1.82) is 5.26 Å². The van der Waals surface area contributed by atoms with Gasteiger partial charge in [0.05, 0.1) is 11.3 Å². The Bertz CT molecular complexity index is 718. The summed E-state index contributed by atoms with van der Waals surface area (Å²) >= 11 is 0. The van der Waals surface area contributed by atoms with Gasteiger partial charge < -0.3 is 10.6 Å². The normalized spacial score (nSPS) is 9.95. The van der Waals surface area contributed by atoms with Crippen molar-refractivity contribution in [2.24, 2.45) is 0 Å². The average molecular weight is 280 g/mol. The number of nitrogens with two attached hydrogens (primary N) is 1. The van der Waals surface area contributed by atoms with Crippen LogP contribution in [-0.4, -0.2) is 17.9 Å². The van der Waals surface area contributed by atoms with Crippen molar-refractivity contribution in [1.82, 2.24) is 4.98 Å². The van der Waals surface area contributed by atoms with E-state index < -0.39 is 0 Å². The van der Waals surface area contributed by atoms with E-state index in [1.54, 1.807) is 43.4 Å². The highest BCUT2D eigenvalue weighted by Crippen LogP contribution is 2.21. The molecular weight excluding hydrogens is 264 g/mol. The molecule has 0 spiro atoms. The molecular formula is C16H16N4O. The fourth-order valence-corrected chi connectivity index (χ4v) is 2.08. The van der Waals surface area contributed by atoms with Gasteiger partial charge in [0.25, 0.3) is 5.91 Å². The number of hydrogen-bond donors (Lipinski definition) is 1. The van der Waals surface area contributed by atoms with E-state index in [4.69, 9.17) is 11.0 Å². The van der Waals surface area contributed by atoms with Gasteiger partial charge in [-0.1, -0.05) is 19.1 Å². The van der Waals surface area contributed by atoms with Crippen LogP contribution in [0.3, 0.4) is 0 Å². The Kier molecular flexibility index (Phi) is 4.19. The van der Waals surface area contributed by atoms with Crippen molar-refractivity contribution in [2.75, 3.05) is 17.7 Å². The number of aryl methyl sites for hydroxylation is 1. The lowest BCUT2D eigenvalue weighted by molar-refractivity contribution is 0.0993. The van der Waals surface area contributed by atoms with E-state index in [-0.39, 0.29) is 5.91 Å². The molecule has 0 saturated carbocycles. The van der Waals surface area contributed by atoms with Crippen molar-refractivity contribution >= 4 is 17.4 Å². The molecule has 1 amide bonds. The van der Waals surface area contributed by atoms with Crippen LogP contribution in [0, 0.1) is 11.3 Å². The summed E-state index contributed by atoms with van der Waals surface area (Å²) in [5.74, 6) is 0.0983. The van der Waals surface area contributed by atoms with Crippen molar-refractivity contribution < 1.29 is 4.79 Å². The summed E-state index contributed by atoms with van der Waals surface area (Å²) in [6.45, 7) is 1.95. The molecule has 2 aromatic rings. The minimum atomic E-state index is -0.221. The molecule has 0 aliphatic carbocycles. The Morgan fingerprint density at radius 1 is 1.38 bits per heavy atom. The molecule has 1 aromatic carbocycles. The molecule has 1 heterocycles. The van der Waals surface area contributed by atoms with Gasteiger partial charge in [0.15, 0.2) is 0 Å². The van der Waals surface area contributed by atoms with Crippen LogP contribution in [0.15, 0.2) is 36.4 Å². The molecule has 0 fully saturated rings. The van der Waals surface area contributed by atoms with Crippen LogP contribution in [0.1, 0.15) is 28.5 Å². The second-order valence-corrected chi connectivity index (χ2v) is 4.62. The fraction of sp³-hybridized carbons (Fsp3) is 0.188. The summed E-state index contributed by atoms with van der Waals surface area (Å²) in [7, 11) is 1.64. The summed E-state index contributed by atoms with van der Waals surface area (Å²) in [5.41, 5.74) is 7.98. The van der Waals surface area contributed by atoms with Gasteiger partial charge in [-0.2, -0.15) is 5.26 Å². The van der Waals surface area contributed by atoms with Crippen LogP contribution < -0.4 is 10.6 Å².